The second-order valence-electron chi connectivity index (χ2n) is 5.21. The number of rotatable bonds is 3. The lowest BCUT2D eigenvalue weighted by molar-refractivity contribution is 0.619. The smallest absolute Gasteiger partial charge is 0.228 e. The third kappa shape index (κ3) is 2.49. The lowest BCUT2D eigenvalue weighted by atomic mass is 10.1. The Bertz CT molecular complexity index is 976. The van der Waals surface area contributed by atoms with Crippen molar-refractivity contribution in [3.8, 4) is 17.1 Å². The quantitative estimate of drug-likeness (QED) is 0.564. The molecular weight excluding hydrogens is 312 g/mol. The maximum atomic E-state index is 6.34. The highest BCUT2D eigenvalue weighted by molar-refractivity contribution is 6.33. The van der Waals surface area contributed by atoms with Crippen LogP contribution in [0.5, 0.6) is 0 Å². The zero-order valence-electron chi connectivity index (χ0n) is 12.4. The Morgan fingerprint density at radius 2 is 1.91 bits per heavy atom. The third-order valence-corrected chi connectivity index (χ3v) is 4.09. The van der Waals surface area contributed by atoms with E-state index >= 15 is 0 Å². The number of hydrogen-bond acceptors (Lipinski definition) is 4. The van der Waals surface area contributed by atoms with Crippen LogP contribution in [0.4, 0.5) is 0 Å². The fourth-order valence-corrected chi connectivity index (χ4v) is 2.68. The molecule has 0 saturated heterocycles. The van der Waals surface area contributed by atoms with Gasteiger partial charge in [-0.05, 0) is 42.3 Å². The van der Waals surface area contributed by atoms with E-state index in [1.54, 1.807) is 17.2 Å². The fraction of sp³-hybridized carbons (Fsp3) is 0.118. The van der Waals surface area contributed by atoms with E-state index in [1.165, 1.54) is 5.56 Å². The van der Waals surface area contributed by atoms with Crippen molar-refractivity contribution >= 4 is 22.7 Å². The second-order valence-corrected chi connectivity index (χ2v) is 5.62. The minimum Gasteiger partial charge on any atom is -0.436 e. The number of nitrogens with zero attached hydrogens (tertiary/aromatic N) is 4. The van der Waals surface area contributed by atoms with Crippen molar-refractivity contribution in [1.29, 1.82) is 0 Å². The third-order valence-electron chi connectivity index (χ3n) is 3.76. The summed E-state index contributed by atoms with van der Waals surface area (Å²) < 4.78 is 7.67. The van der Waals surface area contributed by atoms with Crippen LogP contribution in [0.25, 0.3) is 28.2 Å². The summed E-state index contributed by atoms with van der Waals surface area (Å²) in [6.45, 7) is 2.11. The summed E-state index contributed by atoms with van der Waals surface area (Å²) in [5, 5.41) is 8.22. The summed E-state index contributed by atoms with van der Waals surface area (Å²) in [7, 11) is 0. The van der Waals surface area contributed by atoms with Crippen LogP contribution < -0.4 is 0 Å². The standard InChI is InChI=1S/C17H13ClN4O/c1-2-11-3-6-16-15(7-11)21-17(23-16)13-8-12(4-5-14(13)18)22-9-19-20-10-22/h3-10H,2H2,1H3. The van der Waals surface area contributed by atoms with Gasteiger partial charge in [-0.25, -0.2) is 4.98 Å². The van der Waals surface area contributed by atoms with Crippen LogP contribution >= 0.6 is 11.6 Å². The molecule has 23 heavy (non-hydrogen) atoms. The van der Waals surface area contributed by atoms with Gasteiger partial charge in [-0.1, -0.05) is 24.6 Å². The summed E-state index contributed by atoms with van der Waals surface area (Å²) in [5.41, 5.74) is 4.45. The van der Waals surface area contributed by atoms with E-state index in [4.69, 9.17) is 16.0 Å². The maximum absolute atomic E-state index is 6.34. The van der Waals surface area contributed by atoms with Gasteiger partial charge in [-0.2, -0.15) is 0 Å². The van der Waals surface area contributed by atoms with Gasteiger partial charge in [0.2, 0.25) is 5.89 Å². The van der Waals surface area contributed by atoms with Gasteiger partial charge < -0.3 is 4.42 Å². The number of benzene rings is 2. The van der Waals surface area contributed by atoms with Crippen molar-refractivity contribution in [2.45, 2.75) is 13.3 Å². The Labute approximate surface area is 137 Å². The molecule has 0 bridgehead atoms. The largest absolute Gasteiger partial charge is 0.436 e. The summed E-state index contributed by atoms with van der Waals surface area (Å²) in [6, 6.07) is 11.7. The van der Waals surface area contributed by atoms with E-state index in [9.17, 15) is 0 Å². The van der Waals surface area contributed by atoms with Crippen LogP contribution in [0, 0.1) is 0 Å². The Morgan fingerprint density at radius 3 is 2.70 bits per heavy atom. The summed E-state index contributed by atoms with van der Waals surface area (Å²) >= 11 is 6.34. The molecule has 0 saturated carbocycles. The number of aryl methyl sites for hydroxylation is 1. The fourth-order valence-electron chi connectivity index (χ4n) is 2.48. The van der Waals surface area contributed by atoms with E-state index in [2.05, 4.69) is 22.1 Å². The average molecular weight is 325 g/mol. The molecule has 4 rings (SSSR count). The summed E-state index contributed by atoms with van der Waals surface area (Å²) in [5.74, 6) is 0.508. The Hall–Kier alpha value is -2.66. The topological polar surface area (TPSA) is 56.7 Å². The maximum Gasteiger partial charge on any atom is 0.228 e. The number of aromatic nitrogens is 4. The molecule has 0 amide bonds. The van der Waals surface area contributed by atoms with Gasteiger partial charge >= 0.3 is 0 Å². The zero-order chi connectivity index (χ0) is 15.8. The molecule has 0 fully saturated rings. The predicted molar refractivity (Wildman–Crippen MR) is 88.8 cm³/mol. The number of halogens is 1. The van der Waals surface area contributed by atoms with Gasteiger partial charge in [0.05, 0.1) is 10.6 Å². The molecule has 0 unspecified atom stereocenters. The molecule has 0 aliphatic carbocycles. The van der Waals surface area contributed by atoms with Crippen molar-refractivity contribution < 1.29 is 4.42 Å². The average Bonchev–Trinajstić information content (AvgIpc) is 3.24. The van der Waals surface area contributed by atoms with Crippen molar-refractivity contribution in [2.24, 2.45) is 0 Å². The SMILES string of the molecule is CCc1ccc2oc(-c3cc(-n4cnnc4)ccc3Cl)nc2c1. The monoisotopic (exact) mass is 324 g/mol. The van der Waals surface area contributed by atoms with Crippen LogP contribution in [0.2, 0.25) is 5.02 Å². The molecular formula is C17H13ClN4O. The highest BCUT2D eigenvalue weighted by atomic mass is 35.5. The van der Waals surface area contributed by atoms with Gasteiger partial charge in [0.25, 0.3) is 0 Å². The van der Waals surface area contributed by atoms with E-state index in [-0.39, 0.29) is 0 Å². The molecule has 2 aromatic carbocycles. The molecule has 5 nitrogen and oxygen atoms in total. The molecule has 0 spiro atoms. The van der Waals surface area contributed by atoms with E-state index in [0.29, 0.717) is 10.9 Å². The molecule has 0 atom stereocenters. The lowest BCUT2D eigenvalue weighted by Crippen LogP contribution is -1.91. The molecule has 6 heteroatoms. The molecule has 0 N–H and O–H groups in total. The number of hydrogen-bond donors (Lipinski definition) is 0. The second kappa shape index (κ2) is 5.52. The normalized spacial score (nSPS) is 11.2. The molecule has 4 aromatic rings. The van der Waals surface area contributed by atoms with Crippen molar-refractivity contribution in [1.82, 2.24) is 19.7 Å². The molecule has 114 valence electrons. The van der Waals surface area contributed by atoms with Crippen LogP contribution in [0.15, 0.2) is 53.5 Å². The lowest BCUT2D eigenvalue weighted by Gasteiger charge is -2.04. The highest BCUT2D eigenvalue weighted by Crippen LogP contribution is 2.32. The first kappa shape index (κ1) is 14.0. The zero-order valence-corrected chi connectivity index (χ0v) is 13.2. The van der Waals surface area contributed by atoms with E-state index in [1.807, 2.05) is 36.4 Å². The first-order valence-corrected chi connectivity index (χ1v) is 7.67. The van der Waals surface area contributed by atoms with Gasteiger partial charge in [0, 0.05) is 5.69 Å². The summed E-state index contributed by atoms with van der Waals surface area (Å²) in [4.78, 5) is 4.58. The van der Waals surface area contributed by atoms with Crippen LogP contribution in [-0.4, -0.2) is 19.7 Å². The predicted octanol–water partition coefficient (Wildman–Crippen LogP) is 4.29. The van der Waals surface area contributed by atoms with Crippen LogP contribution in [0.1, 0.15) is 12.5 Å². The van der Waals surface area contributed by atoms with Crippen LogP contribution in [-0.2, 0) is 6.42 Å². The van der Waals surface area contributed by atoms with Crippen molar-refractivity contribution in [3.05, 3.63) is 59.6 Å². The highest BCUT2D eigenvalue weighted by Gasteiger charge is 2.13. The number of fused-ring (bicyclic) bond motifs is 1. The van der Waals surface area contributed by atoms with Crippen molar-refractivity contribution in [2.75, 3.05) is 0 Å². The van der Waals surface area contributed by atoms with Crippen molar-refractivity contribution in [3.63, 3.8) is 0 Å². The first-order valence-electron chi connectivity index (χ1n) is 7.29. The molecule has 2 heterocycles. The summed E-state index contributed by atoms with van der Waals surface area (Å²) in [6.07, 6.45) is 4.22. The molecule has 0 aliphatic rings. The number of oxazole rings is 1. The van der Waals surface area contributed by atoms with Gasteiger partial charge in [-0.15, -0.1) is 10.2 Å². The van der Waals surface area contributed by atoms with Crippen LogP contribution in [0.3, 0.4) is 0 Å². The minimum absolute atomic E-state index is 0.508. The first-order chi connectivity index (χ1) is 11.2. The van der Waals surface area contributed by atoms with E-state index < -0.39 is 0 Å². The van der Waals surface area contributed by atoms with Gasteiger partial charge in [0.15, 0.2) is 5.58 Å². The Balaban J connectivity index is 1.85. The Kier molecular flexibility index (Phi) is 3.35. The van der Waals surface area contributed by atoms with Gasteiger partial charge in [0.1, 0.15) is 18.2 Å². The Morgan fingerprint density at radius 1 is 1.09 bits per heavy atom. The minimum atomic E-state index is 0.508. The molecule has 0 aliphatic heterocycles. The van der Waals surface area contributed by atoms with Gasteiger partial charge in [-0.3, -0.25) is 4.57 Å². The van der Waals surface area contributed by atoms with E-state index in [0.717, 1.165) is 28.8 Å². The molecule has 0 radical (unpaired) electrons. The molecule has 2 aromatic heterocycles.